The van der Waals surface area contributed by atoms with Crippen molar-refractivity contribution in [2.24, 2.45) is 11.3 Å². The van der Waals surface area contributed by atoms with Crippen LogP contribution in [-0.2, 0) is 16.1 Å². The standard InChI is InChI=1S/C11H17N3O3/c1-11(2,3)8(10(16)17)9(15)13-5-7-4-12-6-14-7/h4,6,8H,5H2,1-3H3,(H,12,14)(H,13,15)(H,16,17). The number of carbonyl (C=O) groups excluding carboxylic acids is 1. The van der Waals surface area contributed by atoms with Gasteiger partial charge in [-0.2, -0.15) is 0 Å². The molecule has 0 saturated carbocycles. The Bertz CT molecular complexity index is 393. The second kappa shape index (κ2) is 4.99. The van der Waals surface area contributed by atoms with Gasteiger partial charge in [0.1, 0.15) is 5.92 Å². The monoisotopic (exact) mass is 239 g/mol. The molecule has 1 unspecified atom stereocenters. The first-order valence-electron chi connectivity index (χ1n) is 5.30. The smallest absolute Gasteiger partial charge is 0.316 e. The third kappa shape index (κ3) is 3.58. The molecule has 1 amide bonds. The number of rotatable bonds is 4. The predicted molar refractivity (Wildman–Crippen MR) is 61.0 cm³/mol. The molecule has 1 aromatic rings. The molecule has 0 aliphatic carbocycles. The summed E-state index contributed by atoms with van der Waals surface area (Å²) in [5.74, 6) is -2.66. The van der Waals surface area contributed by atoms with Gasteiger partial charge in [0, 0.05) is 6.20 Å². The van der Waals surface area contributed by atoms with Gasteiger partial charge < -0.3 is 15.4 Å². The highest BCUT2D eigenvalue weighted by atomic mass is 16.4. The van der Waals surface area contributed by atoms with Crippen LogP contribution < -0.4 is 5.32 Å². The van der Waals surface area contributed by atoms with Crippen molar-refractivity contribution in [1.29, 1.82) is 0 Å². The molecule has 0 radical (unpaired) electrons. The molecular weight excluding hydrogens is 222 g/mol. The van der Waals surface area contributed by atoms with Crippen molar-refractivity contribution >= 4 is 11.9 Å². The van der Waals surface area contributed by atoms with Gasteiger partial charge in [-0.25, -0.2) is 4.98 Å². The van der Waals surface area contributed by atoms with Gasteiger partial charge in [-0.15, -0.1) is 0 Å². The van der Waals surface area contributed by atoms with E-state index in [2.05, 4.69) is 15.3 Å². The Kier molecular flexibility index (Phi) is 3.88. The molecule has 0 fully saturated rings. The first kappa shape index (κ1) is 13.2. The van der Waals surface area contributed by atoms with Gasteiger partial charge in [0.15, 0.2) is 0 Å². The van der Waals surface area contributed by atoms with E-state index in [1.807, 2.05) is 0 Å². The molecule has 6 nitrogen and oxygen atoms in total. The number of imidazole rings is 1. The average Bonchev–Trinajstić information content (AvgIpc) is 2.63. The maximum Gasteiger partial charge on any atom is 0.316 e. The van der Waals surface area contributed by atoms with E-state index < -0.39 is 23.2 Å². The van der Waals surface area contributed by atoms with Crippen molar-refractivity contribution < 1.29 is 14.7 Å². The molecule has 94 valence electrons. The number of nitrogens with one attached hydrogen (secondary N) is 2. The van der Waals surface area contributed by atoms with Gasteiger partial charge in [0.25, 0.3) is 0 Å². The number of H-pyrrole nitrogens is 1. The highest BCUT2D eigenvalue weighted by molar-refractivity contribution is 5.97. The molecule has 1 atom stereocenters. The van der Waals surface area contributed by atoms with E-state index in [1.165, 1.54) is 6.33 Å². The maximum atomic E-state index is 11.8. The Labute approximate surface area is 99.4 Å². The van der Waals surface area contributed by atoms with Crippen LogP contribution in [-0.4, -0.2) is 27.0 Å². The van der Waals surface area contributed by atoms with Crippen LogP contribution >= 0.6 is 0 Å². The number of aromatic amines is 1. The summed E-state index contributed by atoms with van der Waals surface area (Å²) in [4.78, 5) is 29.5. The summed E-state index contributed by atoms with van der Waals surface area (Å²) in [6, 6.07) is 0. The molecule has 1 rings (SSSR count). The van der Waals surface area contributed by atoms with Crippen molar-refractivity contribution in [3.05, 3.63) is 18.2 Å². The number of aliphatic carboxylic acids is 1. The second-order valence-electron chi connectivity index (χ2n) is 4.93. The molecular formula is C11H17N3O3. The Morgan fingerprint density at radius 3 is 2.59 bits per heavy atom. The summed E-state index contributed by atoms with van der Waals surface area (Å²) in [6.45, 7) is 5.42. The lowest BCUT2D eigenvalue weighted by Crippen LogP contribution is -2.42. The van der Waals surface area contributed by atoms with E-state index in [9.17, 15) is 9.59 Å². The minimum absolute atomic E-state index is 0.249. The number of carboxylic acids is 1. The van der Waals surface area contributed by atoms with Gasteiger partial charge in [0.2, 0.25) is 5.91 Å². The minimum Gasteiger partial charge on any atom is -0.481 e. The molecule has 3 N–H and O–H groups in total. The van der Waals surface area contributed by atoms with Gasteiger partial charge in [-0.3, -0.25) is 9.59 Å². The average molecular weight is 239 g/mol. The zero-order chi connectivity index (χ0) is 13.1. The highest BCUT2D eigenvalue weighted by Crippen LogP contribution is 2.26. The van der Waals surface area contributed by atoms with E-state index in [0.29, 0.717) is 0 Å². The van der Waals surface area contributed by atoms with E-state index in [0.717, 1.165) is 5.69 Å². The molecule has 0 aliphatic rings. The Morgan fingerprint density at radius 2 is 2.18 bits per heavy atom. The van der Waals surface area contributed by atoms with Gasteiger partial charge in [-0.05, 0) is 5.41 Å². The van der Waals surface area contributed by atoms with Crippen LogP contribution in [0.1, 0.15) is 26.5 Å². The summed E-state index contributed by atoms with van der Waals surface area (Å²) in [5.41, 5.74) is 0.112. The van der Waals surface area contributed by atoms with Crippen LogP contribution in [0, 0.1) is 11.3 Å². The van der Waals surface area contributed by atoms with E-state index in [4.69, 9.17) is 5.11 Å². The van der Waals surface area contributed by atoms with Crippen LogP contribution in [0.3, 0.4) is 0 Å². The van der Waals surface area contributed by atoms with E-state index >= 15 is 0 Å². The maximum absolute atomic E-state index is 11.8. The number of carboxylic acid groups (broad SMARTS) is 1. The highest BCUT2D eigenvalue weighted by Gasteiger charge is 2.37. The van der Waals surface area contributed by atoms with Crippen LogP contribution in [0.4, 0.5) is 0 Å². The van der Waals surface area contributed by atoms with Crippen LogP contribution in [0.25, 0.3) is 0 Å². The van der Waals surface area contributed by atoms with Crippen molar-refractivity contribution in [3.63, 3.8) is 0 Å². The molecule has 0 aromatic carbocycles. The lowest BCUT2D eigenvalue weighted by Gasteiger charge is -2.25. The molecule has 0 saturated heterocycles. The summed E-state index contributed by atoms with van der Waals surface area (Å²) < 4.78 is 0. The number of carbonyl (C=O) groups is 2. The third-order valence-corrected chi connectivity index (χ3v) is 2.38. The fraction of sp³-hybridized carbons (Fsp3) is 0.545. The summed E-state index contributed by atoms with van der Waals surface area (Å²) in [6.07, 6.45) is 3.08. The number of hydrogen-bond donors (Lipinski definition) is 3. The van der Waals surface area contributed by atoms with Gasteiger partial charge in [-0.1, -0.05) is 20.8 Å². The predicted octanol–water partition coefficient (Wildman–Crippen LogP) is 0.773. The second-order valence-corrected chi connectivity index (χ2v) is 4.93. The lowest BCUT2D eigenvalue weighted by molar-refractivity contribution is -0.151. The number of amides is 1. The fourth-order valence-corrected chi connectivity index (χ4v) is 1.54. The number of hydrogen-bond acceptors (Lipinski definition) is 3. The van der Waals surface area contributed by atoms with E-state index in [1.54, 1.807) is 27.0 Å². The Balaban J connectivity index is 2.64. The lowest BCUT2D eigenvalue weighted by atomic mass is 9.80. The summed E-state index contributed by atoms with van der Waals surface area (Å²) in [5, 5.41) is 11.6. The molecule has 0 aliphatic heterocycles. The minimum atomic E-state index is -1.11. The van der Waals surface area contributed by atoms with E-state index in [-0.39, 0.29) is 6.54 Å². The molecule has 1 heterocycles. The molecule has 17 heavy (non-hydrogen) atoms. The van der Waals surface area contributed by atoms with Gasteiger partial charge in [0.05, 0.1) is 18.6 Å². The molecule has 0 bridgehead atoms. The van der Waals surface area contributed by atoms with Crippen molar-refractivity contribution in [3.8, 4) is 0 Å². The van der Waals surface area contributed by atoms with Crippen LogP contribution in [0.15, 0.2) is 12.5 Å². The quantitative estimate of drug-likeness (QED) is 0.676. The first-order valence-corrected chi connectivity index (χ1v) is 5.30. The first-order chi connectivity index (χ1) is 7.82. The third-order valence-electron chi connectivity index (χ3n) is 2.38. The number of nitrogens with zero attached hydrogens (tertiary/aromatic N) is 1. The Morgan fingerprint density at radius 1 is 1.53 bits per heavy atom. The van der Waals surface area contributed by atoms with Crippen molar-refractivity contribution in [1.82, 2.24) is 15.3 Å². The SMILES string of the molecule is CC(C)(C)C(C(=O)O)C(=O)NCc1cnc[nH]1. The fourth-order valence-electron chi connectivity index (χ4n) is 1.54. The van der Waals surface area contributed by atoms with Crippen LogP contribution in [0.5, 0.6) is 0 Å². The number of aromatic nitrogens is 2. The molecule has 6 heteroatoms. The zero-order valence-electron chi connectivity index (χ0n) is 10.2. The molecule has 0 spiro atoms. The zero-order valence-corrected chi connectivity index (χ0v) is 10.2. The van der Waals surface area contributed by atoms with Crippen molar-refractivity contribution in [2.45, 2.75) is 27.3 Å². The summed E-state index contributed by atoms with van der Waals surface area (Å²) >= 11 is 0. The summed E-state index contributed by atoms with van der Waals surface area (Å²) in [7, 11) is 0. The molecule has 1 aromatic heterocycles. The van der Waals surface area contributed by atoms with Crippen LogP contribution in [0.2, 0.25) is 0 Å². The van der Waals surface area contributed by atoms with Crippen molar-refractivity contribution in [2.75, 3.05) is 0 Å². The Hall–Kier alpha value is -1.85. The topological polar surface area (TPSA) is 95.1 Å². The normalized spacial score (nSPS) is 13.1. The van der Waals surface area contributed by atoms with Gasteiger partial charge >= 0.3 is 5.97 Å². The largest absolute Gasteiger partial charge is 0.481 e.